The molecule has 0 aliphatic carbocycles. The van der Waals surface area contributed by atoms with Crippen LogP contribution in [0.1, 0.15) is 31.9 Å². The summed E-state index contributed by atoms with van der Waals surface area (Å²) in [5.41, 5.74) is 0. The number of rotatable bonds is 1. The quantitative estimate of drug-likeness (QED) is 0.690. The molecule has 1 aromatic heterocycles. The molecule has 0 saturated carbocycles. The third-order valence-corrected chi connectivity index (χ3v) is 3.94. The summed E-state index contributed by atoms with van der Waals surface area (Å²) < 4.78 is 5.88. The maximum Gasteiger partial charge on any atom is 0.122 e. The largest absolute Gasteiger partial charge is 0.368 e. The second-order valence-electron chi connectivity index (χ2n) is 3.85. The third kappa shape index (κ3) is 1.51. The molecule has 1 aromatic rings. The third-order valence-electron chi connectivity index (χ3n) is 3.10. The van der Waals surface area contributed by atoms with E-state index in [2.05, 4.69) is 25.8 Å². The van der Waals surface area contributed by atoms with Gasteiger partial charge in [-0.3, -0.25) is 0 Å². The molecule has 2 rings (SSSR count). The van der Waals surface area contributed by atoms with Crippen LogP contribution in [-0.4, -0.2) is 11.1 Å². The maximum atomic E-state index is 5.88. The van der Waals surface area contributed by atoms with E-state index < -0.39 is 0 Å². The van der Waals surface area contributed by atoms with Crippen LogP contribution in [0.25, 0.3) is 0 Å². The summed E-state index contributed by atoms with van der Waals surface area (Å²) in [4.78, 5) is 4.31. The highest BCUT2D eigenvalue weighted by molar-refractivity contribution is 7.09. The normalized spacial score (nSPS) is 39.6. The van der Waals surface area contributed by atoms with E-state index in [1.165, 1.54) is 0 Å². The average Bonchev–Trinajstić information content (AvgIpc) is 2.70. The number of thiazole rings is 1. The number of hydrogen-bond donors (Lipinski definition) is 0. The summed E-state index contributed by atoms with van der Waals surface area (Å²) in [6.45, 7) is 6.65. The van der Waals surface area contributed by atoms with Crippen LogP contribution in [-0.2, 0) is 4.74 Å². The highest BCUT2D eigenvalue weighted by Crippen LogP contribution is 2.42. The molecule has 2 nitrogen and oxygen atoms in total. The first kappa shape index (κ1) is 9.16. The predicted octanol–water partition coefficient (Wildman–Crippen LogP) is 2.88. The molecule has 3 unspecified atom stereocenters. The van der Waals surface area contributed by atoms with Gasteiger partial charge in [-0.25, -0.2) is 4.98 Å². The molecule has 0 aromatic carbocycles. The molecule has 3 heteroatoms. The van der Waals surface area contributed by atoms with E-state index in [1.807, 2.05) is 11.6 Å². The van der Waals surface area contributed by atoms with Crippen LogP contribution in [0.5, 0.6) is 0 Å². The minimum atomic E-state index is 0.227. The minimum absolute atomic E-state index is 0.227. The highest BCUT2D eigenvalue weighted by atomic mass is 32.1. The monoisotopic (exact) mass is 197 g/mol. The fourth-order valence-corrected chi connectivity index (χ4v) is 2.63. The molecule has 0 radical (unpaired) electrons. The van der Waals surface area contributed by atoms with E-state index in [0.717, 1.165) is 5.01 Å². The molecule has 72 valence electrons. The van der Waals surface area contributed by atoms with Gasteiger partial charge in [0.15, 0.2) is 0 Å². The molecular weight excluding hydrogens is 182 g/mol. The van der Waals surface area contributed by atoms with Crippen LogP contribution in [0.4, 0.5) is 0 Å². The van der Waals surface area contributed by atoms with Crippen molar-refractivity contribution in [2.45, 2.75) is 33.0 Å². The summed E-state index contributed by atoms with van der Waals surface area (Å²) in [6.07, 6.45) is 2.44. The summed E-state index contributed by atoms with van der Waals surface area (Å²) in [5, 5.41) is 3.14. The van der Waals surface area contributed by atoms with Crippen LogP contribution >= 0.6 is 11.3 Å². The second kappa shape index (κ2) is 3.39. The number of ether oxygens (including phenoxy) is 1. The fraction of sp³-hybridized carbons (Fsp3) is 0.700. The van der Waals surface area contributed by atoms with Gasteiger partial charge in [0.05, 0.1) is 6.10 Å². The van der Waals surface area contributed by atoms with Crippen LogP contribution in [0, 0.1) is 11.8 Å². The van der Waals surface area contributed by atoms with Gasteiger partial charge in [0, 0.05) is 11.6 Å². The van der Waals surface area contributed by atoms with Crippen molar-refractivity contribution >= 4 is 11.3 Å². The van der Waals surface area contributed by atoms with Gasteiger partial charge in [-0.15, -0.1) is 11.3 Å². The molecule has 1 saturated heterocycles. The van der Waals surface area contributed by atoms with Crippen molar-refractivity contribution in [3.8, 4) is 0 Å². The topological polar surface area (TPSA) is 22.1 Å². The molecule has 0 bridgehead atoms. The molecule has 13 heavy (non-hydrogen) atoms. The molecule has 1 aliphatic rings. The van der Waals surface area contributed by atoms with Crippen molar-refractivity contribution in [1.29, 1.82) is 0 Å². The standard InChI is InChI=1S/C10H15NOS/c1-6-7(2)9(12-8(6)3)10-11-4-5-13-10/h4-9H,1-3H3/t6?,7-,8?,9?/m1/s1. The van der Waals surface area contributed by atoms with Gasteiger partial charge in [0.1, 0.15) is 11.1 Å². The lowest BCUT2D eigenvalue weighted by Gasteiger charge is -2.12. The Morgan fingerprint density at radius 2 is 2.08 bits per heavy atom. The Morgan fingerprint density at radius 1 is 1.31 bits per heavy atom. The van der Waals surface area contributed by atoms with Crippen molar-refractivity contribution in [3.63, 3.8) is 0 Å². The predicted molar refractivity (Wildman–Crippen MR) is 53.7 cm³/mol. The van der Waals surface area contributed by atoms with E-state index in [-0.39, 0.29) is 6.10 Å². The van der Waals surface area contributed by atoms with Crippen molar-refractivity contribution in [2.24, 2.45) is 11.8 Å². The zero-order valence-electron chi connectivity index (χ0n) is 8.23. The van der Waals surface area contributed by atoms with E-state index in [0.29, 0.717) is 17.9 Å². The van der Waals surface area contributed by atoms with Crippen molar-refractivity contribution in [2.75, 3.05) is 0 Å². The maximum absolute atomic E-state index is 5.88. The van der Waals surface area contributed by atoms with Crippen LogP contribution in [0.15, 0.2) is 11.6 Å². The van der Waals surface area contributed by atoms with Gasteiger partial charge in [0.2, 0.25) is 0 Å². The van der Waals surface area contributed by atoms with E-state index in [4.69, 9.17) is 4.74 Å². The number of hydrogen-bond acceptors (Lipinski definition) is 3. The Hall–Kier alpha value is -0.410. The molecule has 1 fully saturated rings. The lowest BCUT2D eigenvalue weighted by molar-refractivity contribution is 0.0404. The van der Waals surface area contributed by atoms with Gasteiger partial charge in [-0.05, 0) is 18.8 Å². The van der Waals surface area contributed by atoms with Gasteiger partial charge < -0.3 is 4.74 Å². The first-order valence-electron chi connectivity index (χ1n) is 4.75. The molecule has 1 aliphatic heterocycles. The Morgan fingerprint density at radius 3 is 2.54 bits per heavy atom. The van der Waals surface area contributed by atoms with Gasteiger partial charge in [-0.1, -0.05) is 13.8 Å². The number of aromatic nitrogens is 1. The van der Waals surface area contributed by atoms with Crippen molar-refractivity contribution < 1.29 is 4.74 Å². The average molecular weight is 197 g/mol. The lowest BCUT2D eigenvalue weighted by atomic mass is 9.91. The first-order valence-corrected chi connectivity index (χ1v) is 5.63. The highest BCUT2D eigenvalue weighted by Gasteiger charge is 2.38. The van der Waals surface area contributed by atoms with Crippen LogP contribution in [0.3, 0.4) is 0 Å². The van der Waals surface area contributed by atoms with E-state index in [9.17, 15) is 0 Å². The second-order valence-corrected chi connectivity index (χ2v) is 4.78. The number of nitrogens with zero attached hydrogens (tertiary/aromatic N) is 1. The van der Waals surface area contributed by atoms with E-state index >= 15 is 0 Å². The van der Waals surface area contributed by atoms with Crippen molar-refractivity contribution in [1.82, 2.24) is 4.98 Å². The van der Waals surface area contributed by atoms with Gasteiger partial charge >= 0.3 is 0 Å². The molecule has 0 spiro atoms. The Labute approximate surface area is 83.0 Å². The molecule has 4 atom stereocenters. The summed E-state index contributed by atoms with van der Waals surface area (Å²) in [7, 11) is 0. The van der Waals surface area contributed by atoms with Crippen LogP contribution in [0.2, 0.25) is 0 Å². The minimum Gasteiger partial charge on any atom is -0.368 e. The fourth-order valence-electron chi connectivity index (χ4n) is 1.84. The molecule has 0 N–H and O–H groups in total. The first-order chi connectivity index (χ1) is 6.20. The summed E-state index contributed by atoms with van der Waals surface area (Å²) in [5.74, 6) is 1.22. The Bertz CT molecular complexity index is 272. The Kier molecular flexibility index (Phi) is 2.39. The molecule has 0 amide bonds. The SMILES string of the molecule is CC1OC(c2nccs2)[C@H](C)C1C. The summed E-state index contributed by atoms with van der Waals surface area (Å²) in [6, 6.07) is 0. The van der Waals surface area contributed by atoms with Gasteiger partial charge in [-0.2, -0.15) is 0 Å². The molecule has 2 heterocycles. The smallest absolute Gasteiger partial charge is 0.122 e. The molecular formula is C10H15NOS. The van der Waals surface area contributed by atoms with Crippen molar-refractivity contribution in [3.05, 3.63) is 16.6 Å². The zero-order valence-corrected chi connectivity index (χ0v) is 9.04. The zero-order chi connectivity index (χ0) is 9.42. The van der Waals surface area contributed by atoms with E-state index in [1.54, 1.807) is 11.3 Å². The van der Waals surface area contributed by atoms with Crippen LogP contribution < -0.4 is 0 Å². The lowest BCUT2D eigenvalue weighted by Crippen LogP contribution is -2.11. The summed E-state index contributed by atoms with van der Waals surface area (Å²) >= 11 is 1.69. The Balaban J connectivity index is 2.19. The van der Waals surface area contributed by atoms with Gasteiger partial charge in [0.25, 0.3) is 0 Å².